The molecule has 0 radical (unpaired) electrons. The van der Waals surface area contributed by atoms with E-state index in [-0.39, 0.29) is 0 Å². The highest BCUT2D eigenvalue weighted by Gasteiger charge is 1.99. The van der Waals surface area contributed by atoms with Gasteiger partial charge in [0.25, 0.3) is 0 Å². The first-order chi connectivity index (χ1) is 8.92. The number of aromatic amines is 1. The lowest BCUT2D eigenvalue weighted by Crippen LogP contribution is -1.77. The summed E-state index contributed by atoms with van der Waals surface area (Å²) in [5, 5.41) is 2.07. The molecular formula is C15H12N2S. The summed E-state index contributed by atoms with van der Waals surface area (Å²) in [5.41, 5.74) is 2.20. The molecule has 0 aliphatic heterocycles. The number of nitrogens with one attached hydrogen (secondary N) is 1. The highest BCUT2D eigenvalue weighted by atomic mass is 32.1. The molecule has 0 amide bonds. The summed E-state index contributed by atoms with van der Waals surface area (Å²) in [6.45, 7) is 0. The van der Waals surface area contributed by atoms with Crippen LogP contribution in [0.2, 0.25) is 0 Å². The van der Waals surface area contributed by atoms with Gasteiger partial charge in [-0.05, 0) is 29.2 Å². The summed E-state index contributed by atoms with van der Waals surface area (Å²) < 4.78 is 0. The smallest absolute Gasteiger partial charge is 0.130 e. The van der Waals surface area contributed by atoms with Gasteiger partial charge >= 0.3 is 0 Å². The van der Waals surface area contributed by atoms with Crippen LogP contribution in [-0.4, -0.2) is 9.97 Å². The standard InChI is InChI=1S/C15H12N2S/c1-2-5-12(6-3-1)14-11-16-15(17-14)9-8-13-7-4-10-18-13/h1-11H,(H,16,17). The molecule has 3 heteroatoms. The molecule has 3 rings (SSSR count). The highest BCUT2D eigenvalue weighted by molar-refractivity contribution is 7.10. The summed E-state index contributed by atoms with van der Waals surface area (Å²) in [5.74, 6) is 0.877. The van der Waals surface area contributed by atoms with Crippen LogP contribution in [0.3, 0.4) is 0 Å². The van der Waals surface area contributed by atoms with Gasteiger partial charge in [-0.3, -0.25) is 0 Å². The maximum Gasteiger partial charge on any atom is 0.130 e. The van der Waals surface area contributed by atoms with Crippen molar-refractivity contribution < 1.29 is 0 Å². The first kappa shape index (κ1) is 11.0. The molecule has 1 aromatic carbocycles. The molecule has 0 aliphatic rings. The third kappa shape index (κ3) is 2.41. The zero-order valence-electron chi connectivity index (χ0n) is 9.71. The van der Waals surface area contributed by atoms with E-state index >= 15 is 0 Å². The van der Waals surface area contributed by atoms with Crippen LogP contribution in [0, 0.1) is 0 Å². The van der Waals surface area contributed by atoms with Crippen molar-refractivity contribution >= 4 is 23.5 Å². The Morgan fingerprint density at radius 2 is 1.89 bits per heavy atom. The summed E-state index contributed by atoms with van der Waals surface area (Å²) in [6, 6.07) is 14.3. The Hall–Kier alpha value is -2.13. The van der Waals surface area contributed by atoms with Crippen LogP contribution in [0.5, 0.6) is 0 Å². The monoisotopic (exact) mass is 252 g/mol. The van der Waals surface area contributed by atoms with Crippen LogP contribution in [0.15, 0.2) is 54.0 Å². The number of imidazole rings is 1. The SMILES string of the molecule is C(=Cc1cccs1)c1ncc(-c2ccccc2)[nH]1. The van der Waals surface area contributed by atoms with Gasteiger partial charge in [0.05, 0.1) is 11.9 Å². The van der Waals surface area contributed by atoms with Gasteiger partial charge in [0, 0.05) is 4.88 Å². The van der Waals surface area contributed by atoms with E-state index in [1.807, 2.05) is 36.5 Å². The fraction of sp³-hybridized carbons (Fsp3) is 0. The van der Waals surface area contributed by atoms with Crippen LogP contribution in [0.4, 0.5) is 0 Å². The van der Waals surface area contributed by atoms with Crippen molar-refractivity contribution in [3.63, 3.8) is 0 Å². The molecule has 1 N–H and O–H groups in total. The summed E-state index contributed by atoms with van der Waals surface area (Å²) in [6.07, 6.45) is 5.93. The van der Waals surface area contributed by atoms with E-state index in [4.69, 9.17) is 0 Å². The minimum atomic E-state index is 0.877. The number of hydrogen-bond donors (Lipinski definition) is 1. The third-order valence-corrected chi connectivity index (χ3v) is 3.47. The summed E-state index contributed by atoms with van der Waals surface area (Å²) >= 11 is 1.72. The second-order valence-corrected chi connectivity index (χ2v) is 4.88. The van der Waals surface area contributed by atoms with Crippen molar-refractivity contribution in [1.29, 1.82) is 0 Å². The Morgan fingerprint density at radius 3 is 2.67 bits per heavy atom. The lowest BCUT2D eigenvalue weighted by Gasteiger charge is -1.94. The highest BCUT2D eigenvalue weighted by Crippen LogP contribution is 2.17. The molecule has 0 saturated heterocycles. The van der Waals surface area contributed by atoms with Crippen molar-refractivity contribution in [2.75, 3.05) is 0 Å². The normalized spacial score (nSPS) is 11.1. The number of nitrogens with zero attached hydrogens (tertiary/aromatic N) is 1. The van der Waals surface area contributed by atoms with Crippen LogP contribution >= 0.6 is 11.3 Å². The van der Waals surface area contributed by atoms with E-state index in [9.17, 15) is 0 Å². The maximum atomic E-state index is 4.35. The van der Waals surface area contributed by atoms with Gasteiger partial charge < -0.3 is 4.98 Å². The van der Waals surface area contributed by atoms with Crippen LogP contribution < -0.4 is 0 Å². The van der Waals surface area contributed by atoms with Crippen molar-refractivity contribution in [2.24, 2.45) is 0 Å². The molecule has 2 nitrogen and oxygen atoms in total. The van der Waals surface area contributed by atoms with Crippen molar-refractivity contribution in [3.8, 4) is 11.3 Å². The van der Waals surface area contributed by atoms with Crippen LogP contribution in [0.1, 0.15) is 10.7 Å². The molecule has 88 valence electrons. The van der Waals surface area contributed by atoms with Crippen LogP contribution in [-0.2, 0) is 0 Å². The van der Waals surface area contributed by atoms with E-state index in [0.717, 1.165) is 17.1 Å². The predicted octanol–water partition coefficient (Wildman–Crippen LogP) is 4.31. The molecule has 0 unspecified atom stereocenters. The van der Waals surface area contributed by atoms with Gasteiger partial charge in [-0.1, -0.05) is 36.4 Å². The molecule has 0 bridgehead atoms. The molecule has 2 aromatic heterocycles. The second-order valence-electron chi connectivity index (χ2n) is 3.90. The zero-order valence-corrected chi connectivity index (χ0v) is 10.5. The number of benzene rings is 1. The minimum absolute atomic E-state index is 0.877. The Bertz CT molecular complexity index is 636. The quantitative estimate of drug-likeness (QED) is 0.739. The second kappa shape index (κ2) is 5.02. The van der Waals surface area contributed by atoms with Crippen molar-refractivity contribution in [2.45, 2.75) is 0 Å². The van der Waals surface area contributed by atoms with Gasteiger partial charge in [-0.15, -0.1) is 11.3 Å². The Balaban J connectivity index is 1.82. The Labute approximate surface area is 110 Å². The minimum Gasteiger partial charge on any atom is -0.338 e. The topological polar surface area (TPSA) is 28.7 Å². The molecule has 0 aliphatic carbocycles. The zero-order chi connectivity index (χ0) is 12.2. The lowest BCUT2D eigenvalue weighted by atomic mass is 10.2. The van der Waals surface area contributed by atoms with Crippen molar-refractivity contribution in [3.05, 3.63) is 64.7 Å². The molecule has 0 fully saturated rings. The van der Waals surface area contributed by atoms with E-state index in [1.165, 1.54) is 4.88 Å². The fourth-order valence-corrected chi connectivity index (χ4v) is 2.35. The molecule has 0 saturated carbocycles. The predicted molar refractivity (Wildman–Crippen MR) is 77.3 cm³/mol. The maximum absolute atomic E-state index is 4.35. The first-order valence-electron chi connectivity index (χ1n) is 5.74. The molecule has 18 heavy (non-hydrogen) atoms. The number of thiophene rings is 1. The number of hydrogen-bond acceptors (Lipinski definition) is 2. The lowest BCUT2D eigenvalue weighted by molar-refractivity contribution is 1.27. The van der Waals surface area contributed by atoms with Crippen LogP contribution in [0.25, 0.3) is 23.4 Å². The van der Waals surface area contributed by atoms with E-state index in [2.05, 4.69) is 39.6 Å². The molecule has 3 aromatic rings. The average molecular weight is 252 g/mol. The van der Waals surface area contributed by atoms with E-state index < -0.39 is 0 Å². The largest absolute Gasteiger partial charge is 0.338 e. The molecule has 2 heterocycles. The first-order valence-corrected chi connectivity index (χ1v) is 6.62. The van der Waals surface area contributed by atoms with Gasteiger partial charge in [-0.2, -0.15) is 0 Å². The number of H-pyrrole nitrogens is 1. The van der Waals surface area contributed by atoms with Gasteiger partial charge in [0.1, 0.15) is 5.82 Å². The van der Waals surface area contributed by atoms with E-state index in [0.29, 0.717) is 0 Å². The number of rotatable bonds is 3. The average Bonchev–Trinajstić information content (AvgIpc) is 3.09. The Morgan fingerprint density at radius 1 is 1.00 bits per heavy atom. The Kier molecular flexibility index (Phi) is 3.07. The fourth-order valence-electron chi connectivity index (χ4n) is 1.73. The summed E-state index contributed by atoms with van der Waals surface area (Å²) in [4.78, 5) is 8.88. The molecule has 0 atom stereocenters. The van der Waals surface area contributed by atoms with Gasteiger partial charge in [-0.25, -0.2) is 4.98 Å². The summed E-state index contributed by atoms with van der Waals surface area (Å²) in [7, 11) is 0. The number of aromatic nitrogens is 2. The van der Waals surface area contributed by atoms with Gasteiger partial charge in [0.15, 0.2) is 0 Å². The van der Waals surface area contributed by atoms with Crippen molar-refractivity contribution in [1.82, 2.24) is 9.97 Å². The van der Waals surface area contributed by atoms with Gasteiger partial charge in [0.2, 0.25) is 0 Å². The molecular weight excluding hydrogens is 240 g/mol. The van der Waals surface area contributed by atoms with E-state index in [1.54, 1.807) is 11.3 Å². The third-order valence-electron chi connectivity index (χ3n) is 2.63. The molecule has 0 spiro atoms.